The summed E-state index contributed by atoms with van der Waals surface area (Å²) in [7, 11) is 1.57. The fourth-order valence-electron chi connectivity index (χ4n) is 1.91. The molecule has 1 aromatic carbocycles. The molecule has 24 heavy (non-hydrogen) atoms. The van der Waals surface area contributed by atoms with E-state index in [1.165, 1.54) is 0 Å². The van der Waals surface area contributed by atoms with Crippen LogP contribution in [0, 0.1) is 0 Å². The van der Waals surface area contributed by atoms with Crippen molar-refractivity contribution in [1.29, 1.82) is 0 Å². The highest BCUT2D eigenvalue weighted by molar-refractivity contribution is 5.91. The predicted octanol–water partition coefficient (Wildman–Crippen LogP) is 1.45. The smallest absolute Gasteiger partial charge is 0.338 e. The van der Waals surface area contributed by atoms with Crippen LogP contribution in [-0.2, 0) is 30.4 Å². The molecule has 1 amide bonds. The number of nitrogens with one attached hydrogen (secondary N) is 1. The third-order valence-electron chi connectivity index (χ3n) is 2.99. The summed E-state index contributed by atoms with van der Waals surface area (Å²) in [6.07, 6.45) is 0.706. The van der Waals surface area contributed by atoms with Crippen molar-refractivity contribution < 1.29 is 28.6 Å². The second-order valence-electron chi connectivity index (χ2n) is 4.97. The molecule has 0 aromatic heterocycles. The van der Waals surface area contributed by atoms with Crippen molar-refractivity contribution in [2.75, 3.05) is 26.9 Å². The molecule has 0 spiro atoms. The van der Waals surface area contributed by atoms with Crippen molar-refractivity contribution in [2.45, 2.75) is 26.4 Å². The molecule has 0 heterocycles. The summed E-state index contributed by atoms with van der Waals surface area (Å²) in [5.74, 6) is -1.29. The van der Waals surface area contributed by atoms with Crippen molar-refractivity contribution >= 4 is 17.8 Å². The van der Waals surface area contributed by atoms with Crippen LogP contribution in [0.3, 0.4) is 0 Å². The van der Waals surface area contributed by atoms with Gasteiger partial charge in [0.05, 0.1) is 18.8 Å². The quantitative estimate of drug-likeness (QED) is 0.513. The number of amides is 1. The molecule has 0 aliphatic carbocycles. The van der Waals surface area contributed by atoms with Gasteiger partial charge in [0.1, 0.15) is 0 Å². The summed E-state index contributed by atoms with van der Waals surface area (Å²) in [5.41, 5.74) is 1.20. The summed E-state index contributed by atoms with van der Waals surface area (Å²) < 4.78 is 14.7. The lowest BCUT2D eigenvalue weighted by atomic mass is 10.1. The number of ether oxygens (including phenoxy) is 3. The highest BCUT2D eigenvalue weighted by Gasteiger charge is 2.11. The molecule has 7 nitrogen and oxygen atoms in total. The summed E-state index contributed by atoms with van der Waals surface area (Å²) in [6, 6.07) is 6.82. The lowest BCUT2D eigenvalue weighted by Crippen LogP contribution is -2.30. The molecule has 132 valence electrons. The van der Waals surface area contributed by atoms with Crippen LogP contribution < -0.4 is 5.32 Å². The Labute approximate surface area is 141 Å². The molecule has 0 aliphatic heterocycles. The molecule has 0 radical (unpaired) electrons. The lowest BCUT2D eigenvalue weighted by Gasteiger charge is -2.07. The number of hydrogen-bond donors (Lipinski definition) is 1. The van der Waals surface area contributed by atoms with Gasteiger partial charge in [-0.3, -0.25) is 9.59 Å². The van der Waals surface area contributed by atoms with E-state index >= 15 is 0 Å². The van der Waals surface area contributed by atoms with Crippen LogP contribution in [-0.4, -0.2) is 44.7 Å². The molecule has 1 rings (SSSR count). The van der Waals surface area contributed by atoms with Crippen LogP contribution in [0.25, 0.3) is 0 Å². The van der Waals surface area contributed by atoms with Crippen molar-refractivity contribution in [3.63, 3.8) is 0 Å². The fourth-order valence-corrected chi connectivity index (χ4v) is 1.91. The van der Waals surface area contributed by atoms with Crippen LogP contribution in [0.4, 0.5) is 0 Å². The van der Waals surface area contributed by atoms with Gasteiger partial charge in [0.2, 0.25) is 0 Å². The third-order valence-corrected chi connectivity index (χ3v) is 2.99. The first-order valence-corrected chi connectivity index (χ1v) is 7.74. The van der Waals surface area contributed by atoms with Crippen LogP contribution in [0.1, 0.15) is 35.7 Å². The van der Waals surface area contributed by atoms with E-state index in [0.717, 1.165) is 5.56 Å². The van der Waals surface area contributed by atoms with Gasteiger partial charge in [-0.25, -0.2) is 4.79 Å². The van der Waals surface area contributed by atoms with Gasteiger partial charge in [0.25, 0.3) is 5.91 Å². The monoisotopic (exact) mass is 337 g/mol. The van der Waals surface area contributed by atoms with Crippen molar-refractivity contribution in [2.24, 2.45) is 0 Å². The number of carbonyl (C=O) groups excluding carboxylic acids is 3. The van der Waals surface area contributed by atoms with E-state index in [4.69, 9.17) is 14.2 Å². The van der Waals surface area contributed by atoms with Crippen molar-refractivity contribution in [1.82, 2.24) is 5.32 Å². The minimum Gasteiger partial charge on any atom is -0.466 e. The van der Waals surface area contributed by atoms with Gasteiger partial charge in [-0.05, 0) is 31.0 Å². The van der Waals surface area contributed by atoms with E-state index in [-0.39, 0.29) is 19.0 Å². The molecule has 1 N–H and O–H groups in total. The van der Waals surface area contributed by atoms with Gasteiger partial charge < -0.3 is 19.5 Å². The van der Waals surface area contributed by atoms with E-state index in [1.54, 1.807) is 32.2 Å². The molecule has 7 heteroatoms. The van der Waals surface area contributed by atoms with Crippen LogP contribution in [0.2, 0.25) is 0 Å². The molecule has 0 fully saturated rings. The zero-order valence-electron chi connectivity index (χ0n) is 14.0. The Bertz CT molecular complexity index is 558. The molecule has 0 unspecified atom stereocenters. The van der Waals surface area contributed by atoms with E-state index < -0.39 is 11.9 Å². The summed E-state index contributed by atoms with van der Waals surface area (Å²) in [6.45, 7) is 2.42. The minimum absolute atomic E-state index is 0.236. The van der Waals surface area contributed by atoms with Crippen LogP contribution >= 0.6 is 0 Å². The largest absolute Gasteiger partial charge is 0.466 e. The lowest BCUT2D eigenvalue weighted by molar-refractivity contribution is -0.143. The van der Waals surface area contributed by atoms with Crippen LogP contribution in [0.5, 0.6) is 0 Å². The molecule has 0 aliphatic rings. The molecule has 0 saturated carbocycles. The Balaban J connectivity index is 2.27. The van der Waals surface area contributed by atoms with E-state index in [2.05, 4.69) is 5.32 Å². The minimum atomic E-state index is -0.574. The maximum atomic E-state index is 11.9. The first-order valence-electron chi connectivity index (χ1n) is 7.74. The molecular weight excluding hydrogens is 314 g/mol. The van der Waals surface area contributed by atoms with E-state index in [1.807, 2.05) is 6.07 Å². The molecule has 0 bridgehead atoms. The van der Waals surface area contributed by atoms with Gasteiger partial charge in [-0.2, -0.15) is 0 Å². The van der Waals surface area contributed by atoms with Gasteiger partial charge >= 0.3 is 11.9 Å². The Morgan fingerprint density at radius 3 is 2.67 bits per heavy atom. The van der Waals surface area contributed by atoms with Gasteiger partial charge in [-0.15, -0.1) is 0 Å². The fraction of sp³-hybridized carbons (Fsp3) is 0.471. The standard InChI is InChI=1S/C17H23NO6/c1-3-23-16(20)8-5-9-18-15(19)12-24-17(21)14-7-4-6-13(10-14)11-22-2/h4,6-7,10H,3,5,8-9,11-12H2,1-2H3,(H,18,19). The first-order chi connectivity index (χ1) is 11.6. The van der Waals surface area contributed by atoms with E-state index in [9.17, 15) is 14.4 Å². The second kappa shape index (κ2) is 11.2. The Hall–Kier alpha value is -2.41. The number of esters is 2. The molecule has 0 atom stereocenters. The number of benzene rings is 1. The summed E-state index contributed by atoms with van der Waals surface area (Å²) >= 11 is 0. The van der Waals surface area contributed by atoms with Gasteiger partial charge in [0, 0.05) is 20.1 Å². The Kier molecular flexibility index (Phi) is 9.14. The van der Waals surface area contributed by atoms with Crippen molar-refractivity contribution in [3.8, 4) is 0 Å². The molecule has 1 aromatic rings. The average molecular weight is 337 g/mol. The number of rotatable bonds is 10. The molecule has 0 saturated heterocycles. The second-order valence-corrected chi connectivity index (χ2v) is 4.97. The summed E-state index contributed by atoms with van der Waals surface area (Å²) in [5, 5.41) is 2.57. The number of methoxy groups -OCH3 is 1. The zero-order chi connectivity index (χ0) is 17.8. The topological polar surface area (TPSA) is 90.9 Å². The Morgan fingerprint density at radius 2 is 1.96 bits per heavy atom. The number of hydrogen-bond acceptors (Lipinski definition) is 6. The average Bonchev–Trinajstić information content (AvgIpc) is 2.57. The highest BCUT2D eigenvalue weighted by atomic mass is 16.5. The van der Waals surface area contributed by atoms with Crippen molar-refractivity contribution in [3.05, 3.63) is 35.4 Å². The first kappa shape index (κ1) is 19.6. The normalized spacial score (nSPS) is 10.1. The van der Waals surface area contributed by atoms with E-state index in [0.29, 0.717) is 31.7 Å². The Morgan fingerprint density at radius 1 is 1.17 bits per heavy atom. The summed E-state index contributed by atoms with van der Waals surface area (Å²) in [4.78, 5) is 34.6. The maximum absolute atomic E-state index is 11.9. The highest BCUT2D eigenvalue weighted by Crippen LogP contribution is 2.07. The number of carbonyl (C=O) groups is 3. The van der Waals surface area contributed by atoms with Gasteiger partial charge in [0.15, 0.2) is 6.61 Å². The molecular formula is C17H23NO6. The van der Waals surface area contributed by atoms with Gasteiger partial charge in [-0.1, -0.05) is 12.1 Å². The maximum Gasteiger partial charge on any atom is 0.338 e. The third kappa shape index (κ3) is 7.73. The zero-order valence-corrected chi connectivity index (χ0v) is 14.0. The van der Waals surface area contributed by atoms with Crippen LogP contribution in [0.15, 0.2) is 24.3 Å². The predicted molar refractivity (Wildman–Crippen MR) is 86.3 cm³/mol. The SMILES string of the molecule is CCOC(=O)CCCNC(=O)COC(=O)c1cccc(COC)c1.